The lowest BCUT2D eigenvalue weighted by Gasteiger charge is -2.16. The lowest BCUT2D eigenvalue weighted by atomic mass is 10.1. The number of anilines is 1. The Bertz CT molecular complexity index is 573. The molecule has 0 saturated carbocycles. The van der Waals surface area contributed by atoms with Crippen LogP contribution >= 0.6 is 0 Å². The highest BCUT2D eigenvalue weighted by Gasteiger charge is 2.40. The normalized spacial score (nSPS) is 29.0. The highest BCUT2D eigenvalue weighted by Crippen LogP contribution is 2.33. The summed E-state index contributed by atoms with van der Waals surface area (Å²) in [5.74, 6) is -0.845. The van der Waals surface area contributed by atoms with Crippen LogP contribution in [-0.2, 0) is 4.74 Å². The Morgan fingerprint density at radius 1 is 1.63 bits per heavy atom. The first-order valence-electron chi connectivity index (χ1n) is 5.31. The van der Waals surface area contributed by atoms with Crippen LogP contribution in [-0.4, -0.2) is 43.7 Å². The van der Waals surface area contributed by atoms with Crippen molar-refractivity contribution in [2.24, 2.45) is 0 Å². The Labute approximate surface area is 106 Å². The first kappa shape index (κ1) is 13.5. The molecule has 1 saturated heterocycles. The Morgan fingerprint density at radius 3 is 2.84 bits per heavy atom. The Hall–Kier alpha value is -1.97. The van der Waals surface area contributed by atoms with Crippen LogP contribution in [0.4, 0.5) is 10.2 Å². The summed E-state index contributed by atoms with van der Waals surface area (Å²) in [6.07, 6.45) is -2.82. The van der Waals surface area contributed by atoms with E-state index < -0.39 is 36.5 Å². The van der Waals surface area contributed by atoms with Gasteiger partial charge in [0.1, 0.15) is 12.2 Å². The maximum Gasteiger partial charge on any atom is 0.351 e. The molecule has 0 aliphatic carbocycles. The maximum atomic E-state index is 12.6. The van der Waals surface area contributed by atoms with Crippen molar-refractivity contribution >= 4 is 5.82 Å². The van der Waals surface area contributed by atoms with Gasteiger partial charge in [-0.1, -0.05) is 0 Å². The summed E-state index contributed by atoms with van der Waals surface area (Å²) in [7, 11) is 0. The molecule has 1 aliphatic rings. The summed E-state index contributed by atoms with van der Waals surface area (Å²) in [5.41, 5.74) is 4.16. The molecule has 1 aromatic rings. The number of nitrogens with two attached hydrogens (primary N) is 1. The van der Waals surface area contributed by atoms with Crippen LogP contribution in [0.2, 0.25) is 0 Å². The molecule has 1 aliphatic heterocycles. The topological polar surface area (TPSA) is 131 Å². The summed E-state index contributed by atoms with van der Waals surface area (Å²) < 4.78 is 18.6. The lowest BCUT2D eigenvalue weighted by molar-refractivity contribution is -0.0529. The molecule has 0 radical (unpaired) electrons. The third-order valence-electron chi connectivity index (χ3n) is 2.81. The molecular formula is C10H12FN3O5. The van der Waals surface area contributed by atoms with Gasteiger partial charge in [0.05, 0.1) is 19.1 Å². The molecule has 1 aromatic heterocycles. The number of ether oxygens (including phenoxy) is 1. The van der Waals surface area contributed by atoms with E-state index >= 15 is 0 Å². The van der Waals surface area contributed by atoms with E-state index in [9.17, 15) is 19.4 Å². The van der Waals surface area contributed by atoms with Crippen molar-refractivity contribution in [2.45, 2.75) is 18.4 Å². The third kappa shape index (κ3) is 2.18. The molecule has 5 N–H and O–H groups in total. The fourth-order valence-corrected chi connectivity index (χ4v) is 1.83. The van der Waals surface area contributed by atoms with Gasteiger partial charge in [0, 0.05) is 5.57 Å². The van der Waals surface area contributed by atoms with Gasteiger partial charge in [0.2, 0.25) is 0 Å². The van der Waals surface area contributed by atoms with Crippen molar-refractivity contribution in [3.05, 3.63) is 28.6 Å². The molecule has 0 amide bonds. The number of aliphatic hydroxyl groups is 2. The number of aromatic nitrogens is 2. The average Bonchev–Trinajstić information content (AvgIpc) is 2.70. The highest BCUT2D eigenvalue weighted by atomic mass is 19.1. The van der Waals surface area contributed by atoms with Gasteiger partial charge < -0.3 is 25.8 Å². The highest BCUT2D eigenvalue weighted by molar-refractivity contribution is 5.41. The number of halogens is 1. The molecule has 0 aromatic carbocycles. The minimum Gasteiger partial charge on any atom is -0.503 e. The van der Waals surface area contributed by atoms with Gasteiger partial charge in [0.15, 0.2) is 17.8 Å². The SMILES string of the molecule is Nc1nc(=O)n(C2OC(CO)C(=CF)C2O)cc1O. The average molecular weight is 273 g/mol. The number of rotatable bonds is 2. The van der Waals surface area contributed by atoms with Crippen molar-refractivity contribution in [1.82, 2.24) is 9.55 Å². The minimum atomic E-state index is -1.48. The van der Waals surface area contributed by atoms with E-state index in [-0.39, 0.29) is 17.7 Å². The molecule has 2 heterocycles. The van der Waals surface area contributed by atoms with Crippen LogP contribution in [0.25, 0.3) is 0 Å². The van der Waals surface area contributed by atoms with Crippen LogP contribution in [0.1, 0.15) is 6.23 Å². The predicted molar refractivity (Wildman–Crippen MR) is 60.8 cm³/mol. The van der Waals surface area contributed by atoms with Crippen LogP contribution in [0, 0.1) is 0 Å². The van der Waals surface area contributed by atoms with Gasteiger partial charge in [-0.25, -0.2) is 9.18 Å². The van der Waals surface area contributed by atoms with Crippen LogP contribution in [0.3, 0.4) is 0 Å². The van der Waals surface area contributed by atoms with Gasteiger partial charge in [-0.3, -0.25) is 4.57 Å². The van der Waals surface area contributed by atoms with Gasteiger partial charge in [-0.05, 0) is 0 Å². The van der Waals surface area contributed by atoms with Gasteiger partial charge in [-0.15, -0.1) is 0 Å². The van der Waals surface area contributed by atoms with E-state index in [1.807, 2.05) is 0 Å². The summed E-state index contributed by atoms with van der Waals surface area (Å²) in [4.78, 5) is 14.9. The number of aliphatic hydroxyl groups excluding tert-OH is 2. The smallest absolute Gasteiger partial charge is 0.351 e. The Balaban J connectivity index is 2.44. The third-order valence-corrected chi connectivity index (χ3v) is 2.81. The molecule has 3 unspecified atom stereocenters. The number of hydrogen-bond donors (Lipinski definition) is 4. The molecule has 19 heavy (non-hydrogen) atoms. The molecule has 0 spiro atoms. The molecule has 8 nitrogen and oxygen atoms in total. The Kier molecular flexibility index (Phi) is 3.51. The van der Waals surface area contributed by atoms with E-state index in [4.69, 9.17) is 15.6 Å². The zero-order valence-electron chi connectivity index (χ0n) is 9.60. The zero-order valence-corrected chi connectivity index (χ0v) is 9.60. The zero-order chi connectivity index (χ0) is 14.2. The first-order chi connectivity index (χ1) is 8.99. The van der Waals surface area contributed by atoms with Crippen molar-refractivity contribution in [2.75, 3.05) is 12.3 Å². The maximum absolute atomic E-state index is 12.6. The first-order valence-corrected chi connectivity index (χ1v) is 5.31. The molecular weight excluding hydrogens is 261 g/mol. The molecule has 2 rings (SSSR count). The van der Waals surface area contributed by atoms with E-state index in [0.29, 0.717) is 0 Å². The van der Waals surface area contributed by atoms with Gasteiger partial charge in [-0.2, -0.15) is 4.98 Å². The fourth-order valence-electron chi connectivity index (χ4n) is 1.83. The number of nitrogen functional groups attached to an aromatic ring is 1. The van der Waals surface area contributed by atoms with Crippen LogP contribution < -0.4 is 11.4 Å². The van der Waals surface area contributed by atoms with Crippen molar-refractivity contribution in [1.29, 1.82) is 0 Å². The van der Waals surface area contributed by atoms with Crippen molar-refractivity contribution in [3.63, 3.8) is 0 Å². The molecule has 1 fully saturated rings. The second-order valence-electron chi connectivity index (χ2n) is 3.95. The van der Waals surface area contributed by atoms with E-state index in [0.717, 1.165) is 10.8 Å². The molecule has 9 heteroatoms. The largest absolute Gasteiger partial charge is 0.503 e. The second-order valence-corrected chi connectivity index (χ2v) is 3.95. The number of nitrogens with zero attached hydrogens (tertiary/aromatic N) is 2. The predicted octanol–water partition coefficient (Wildman–Crippen LogP) is -1.36. The van der Waals surface area contributed by atoms with Crippen LogP contribution in [0.5, 0.6) is 5.75 Å². The van der Waals surface area contributed by atoms with E-state index in [1.54, 1.807) is 0 Å². The summed E-state index contributed by atoms with van der Waals surface area (Å²) in [6, 6.07) is 0. The molecule has 3 atom stereocenters. The minimum absolute atomic E-state index is 0.112. The summed E-state index contributed by atoms with van der Waals surface area (Å²) in [5, 5.41) is 28.2. The lowest BCUT2D eigenvalue weighted by Crippen LogP contribution is -2.32. The summed E-state index contributed by atoms with van der Waals surface area (Å²) in [6.45, 7) is -0.563. The Morgan fingerprint density at radius 2 is 2.32 bits per heavy atom. The van der Waals surface area contributed by atoms with Crippen LogP contribution in [0.15, 0.2) is 22.9 Å². The van der Waals surface area contributed by atoms with Crippen molar-refractivity contribution in [3.8, 4) is 5.75 Å². The molecule has 104 valence electrons. The van der Waals surface area contributed by atoms with Gasteiger partial charge >= 0.3 is 5.69 Å². The van der Waals surface area contributed by atoms with Gasteiger partial charge in [0.25, 0.3) is 0 Å². The van der Waals surface area contributed by atoms with E-state index in [2.05, 4.69) is 4.98 Å². The van der Waals surface area contributed by atoms with Crippen molar-refractivity contribution < 1.29 is 24.4 Å². The van der Waals surface area contributed by atoms with E-state index in [1.165, 1.54) is 0 Å². The molecule has 0 bridgehead atoms. The quantitative estimate of drug-likeness (QED) is 0.523. The fraction of sp³-hybridized carbons (Fsp3) is 0.400. The standard InChI is InChI=1S/C10H12FN3O5/c11-1-4-6(3-15)19-9(7(4)17)14-2-5(16)8(12)13-10(14)18/h1-2,6-7,9,15-17H,3H2,(H2,12,13,18). The second kappa shape index (κ2) is 4.96. The monoisotopic (exact) mass is 273 g/mol. The number of hydrogen-bond acceptors (Lipinski definition) is 7. The summed E-state index contributed by atoms with van der Waals surface area (Å²) >= 11 is 0. The number of aromatic hydroxyl groups is 1.